The van der Waals surface area contributed by atoms with E-state index in [2.05, 4.69) is 17.2 Å². The van der Waals surface area contributed by atoms with Gasteiger partial charge in [-0.1, -0.05) is 17.5 Å². The van der Waals surface area contributed by atoms with Gasteiger partial charge in [0, 0.05) is 53.0 Å². The molecule has 2 amide bonds. The van der Waals surface area contributed by atoms with Crippen LogP contribution >= 0.6 is 11.6 Å². The number of rotatable bonds is 2. The highest BCUT2D eigenvalue weighted by Crippen LogP contribution is 2.47. The van der Waals surface area contributed by atoms with Gasteiger partial charge < -0.3 is 15.0 Å². The summed E-state index contributed by atoms with van der Waals surface area (Å²) >= 11 is 6.44. The monoisotopic (exact) mass is 430 g/mol. The Morgan fingerprint density at radius 1 is 1.23 bits per heavy atom. The Balaban J connectivity index is 1.79. The molecule has 0 unspecified atom stereocenters. The summed E-state index contributed by atoms with van der Waals surface area (Å²) in [5, 5.41) is 3.21. The van der Waals surface area contributed by atoms with E-state index in [1.165, 1.54) is 7.11 Å². The third kappa shape index (κ3) is 4.32. The lowest BCUT2D eigenvalue weighted by atomic mass is 9.63. The number of benzene rings is 1. The van der Waals surface area contributed by atoms with Crippen LogP contribution in [-0.4, -0.2) is 48.2 Å². The van der Waals surface area contributed by atoms with Crippen molar-refractivity contribution in [1.29, 1.82) is 0 Å². The highest BCUT2D eigenvalue weighted by Gasteiger charge is 2.54. The van der Waals surface area contributed by atoms with E-state index in [1.807, 2.05) is 20.8 Å². The van der Waals surface area contributed by atoms with Crippen molar-refractivity contribution in [2.75, 3.05) is 20.2 Å². The number of amides is 2. The van der Waals surface area contributed by atoms with Crippen molar-refractivity contribution < 1.29 is 19.1 Å². The number of halogens is 1. The van der Waals surface area contributed by atoms with Gasteiger partial charge in [-0.25, -0.2) is 4.79 Å². The van der Waals surface area contributed by atoms with E-state index in [1.54, 1.807) is 24.0 Å². The number of likely N-dealkylation sites (tertiary alicyclic amines) is 1. The lowest BCUT2D eigenvalue weighted by Gasteiger charge is -2.52. The van der Waals surface area contributed by atoms with Gasteiger partial charge in [-0.15, -0.1) is 5.92 Å². The molecule has 0 radical (unpaired) electrons. The van der Waals surface area contributed by atoms with Gasteiger partial charge in [0.25, 0.3) is 0 Å². The minimum atomic E-state index is -0.945. The lowest BCUT2D eigenvalue weighted by Crippen LogP contribution is -2.65. The zero-order valence-electron chi connectivity index (χ0n) is 18.0. The Hall–Kier alpha value is -2.52. The molecule has 0 atom stereocenters. The quantitative estimate of drug-likeness (QED) is 0.575. The fraction of sp³-hybridized carbons (Fsp3) is 0.522. The van der Waals surface area contributed by atoms with Gasteiger partial charge in [0.1, 0.15) is 23.2 Å². The summed E-state index contributed by atoms with van der Waals surface area (Å²) < 4.78 is 5.43. The number of nitrogens with one attached hydrogen (secondary N) is 1. The maximum absolute atomic E-state index is 13.1. The van der Waals surface area contributed by atoms with E-state index in [4.69, 9.17) is 16.3 Å². The molecule has 2 fully saturated rings. The molecule has 7 heteroatoms. The van der Waals surface area contributed by atoms with E-state index in [0.717, 1.165) is 0 Å². The number of hydrogen-bond acceptors (Lipinski definition) is 4. The summed E-state index contributed by atoms with van der Waals surface area (Å²) in [6.07, 6.45) is 0.470. The standard InChI is InChI=1S/C23H27ClN2O4/c1-6-7-14-8-15(24)19(18(9-14)30-5)20-16(27)10-23(11-17(20)28)12-26(13-23)21(29)25-22(2,3)4/h8-9,20H,10-13H2,1-5H3,(H,25,29). The number of carbonyl (C=O) groups excluding carboxylic acids is 3. The lowest BCUT2D eigenvalue weighted by molar-refractivity contribution is -0.141. The third-order valence-corrected chi connectivity index (χ3v) is 5.75. The predicted molar refractivity (Wildman–Crippen MR) is 115 cm³/mol. The average molecular weight is 431 g/mol. The highest BCUT2D eigenvalue weighted by atomic mass is 35.5. The zero-order valence-corrected chi connectivity index (χ0v) is 18.8. The summed E-state index contributed by atoms with van der Waals surface area (Å²) in [5.74, 6) is 4.79. The van der Waals surface area contributed by atoms with Gasteiger partial charge in [-0.2, -0.15) is 0 Å². The maximum Gasteiger partial charge on any atom is 0.317 e. The fourth-order valence-corrected chi connectivity index (χ4v) is 4.62. The number of Topliss-reactive ketones (excluding diaryl/α,β-unsaturated/α-hetero) is 2. The van der Waals surface area contributed by atoms with E-state index in [9.17, 15) is 14.4 Å². The second kappa shape index (κ2) is 7.96. The molecular weight excluding hydrogens is 404 g/mol. The maximum atomic E-state index is 13.1. The third-order valence-electron chi connectivity index (χ3n) is 5.43. The van der Waals surface area contributed by atoms with Gasteiger partial charge in [-0.3, -0.25) is 9.59 Å². The number of urea groups is 1. The first-order valence-corrected chi connectivity index (χ1v) is 10.3. The van der Waals surface area contributed by atoms with Crippen LogP contribution in [0.4, 0.5) is 4.79 Å². The van der Waals surface area contributed by atoms with E-state index in [0.29, 0.717) is 35.0 Å². The Kier molecular flexibility index (Phi) is 5.88. The van der Waals surface area contributed by atoms with Crippen molar-refractivity contribution in [3.63, 3.8) is 0 Å². The molecule has 2 aliphatic rings. The van der Waals surface area contributed by atoms with Crippen LogP contribution in [0.2, 0.25) is 5.02 Å². The number of hydrogen-bond donors (Lipinski definition) is 1. The molecule has 1 saturated heterocycles. The molecule has 1 aromatic rings. The van der Waals surface area contributed by atoms with Crippen LogP contribution < -0.4 is 10.1 Å². The Morgan fingerprint density at radius 3 is 2.33 bits per heavy atom. The highest BCUT2D eigenvalue weighted by molar-refractivity contribution is 6.32. The van der Waals surface area contributed by atoms with Gasteiger partial charge in [0.05, 0.1) is 7.11 Å². The summed E-state index contributed by atoms with van der Waals surface area (Å²) in [7, 11) is 1.48. The van der Waals surface area contributed by atoms with Gasteiger partial charge in [0.2, 0.25) is 0 Å². The minimum absolute atomic E-state index is 0.174. The molecule has 1 aliphatic heterocycles. The van der Waals surface area contributed by atoms with Crippen LogP contribution in [0.1, 0.15) is 57.6 Å². The van der Waals surface area contributed by atoms with Crippen molar-refractivity contribution in [2.24, 2.45) is 5.41 Å². The molecule has 3 rings (SSSR count). The van der Waals surface area contributed by atoms with Gasteiger partial charge in [0.15, 0.2) is 0 Å². The van der Waals surface area contributed by atoms with E-state index in [-0.39, 0.29) is 36.0 Å². The fourth-order valence-electron chi connectivity index (χ4n) is 4.30. The minimum Gasteiger partial charge on any atom is -0.496 e. The molecule has 1 saturated carbocycles. The number of ketones is 2. The molecule has 0 aromatic heterocycles. The second-order valence-electron chi connectivity index (χ2n) is 9.20. The van der Waals surface area contributed by atoms with Crippen molar-refractivity contribution in [3.05, 3.63) is 28.3 Å². The van der Waals surface area contributed by atoms with Gasteiger partial charge in [-0.05, 0) is 39.8 Å². The van der Waals surface area contributed by atoms with Gasteiger partial charge >= 0.3 is 6.03 Å². The van der Waals surface area contributed by atoms with Crippen LogP contribution in [0.3, 0.4) is 0 Å². The van der Waals surface area contributed by atoms with Crippen molar-refractivity contribution in [2.45, 2.75) is 52.0 Å². The van der Waals surface area contributed by atoms with Crippen molar-refractivity contribution in [3.8, 4) is 17.6 Å². The topological polar surface area (TPSA) is 75.7 Å². The number of nitrogens with zero attached hydrogens (tertiary/aromatic N) is 1. The number of carbonyl (C=O) groups is 3. The van der Waals surface area contributed by atoms with Crippen molar-refractivity contribution in [1.82, 2.24) is 10.2 Å². The Morgan fingerprint density at radius 2 is 1.83 bits per heavy atom. The summed E-state index contributed by atoms with van der Waals surface area (Å²) in [5.41, 5.74) is 0.250. The normalized spacial score (nSPS) is 18.5. The Labute approximate surface area is 182 Å². The first-order valence-electron chi connectivity index (χ1n) is 9.91. The zero-order chi connectivity index (χ0) is 22.3. The Bertz CT molecular complexity index is 942. The molecular formula is C23H27ClN2O4. The van der Waals surface area contributed by atoms with E-state index >= 15 is 0 Å². The smallest absolute Gasteiger partial charge is 0.317 e. The predicted octanol–water partition coefficient (Wildman–Crippen LogP) is 3.55. The van der Waals surface area contributed by atoms with E-state index < -0.39 is 11.3 Å². The summed E-state index contributed by atoms with van der Waals surface area (Å²) in [6, 6.07) is 3.18. The largest absolute Gasteiger partial charge is 0.496 e. The molecule has 1 spiro atoms. The molecule has 1 aliphatic carbocycles. The molecule has 160 valence electrons. The van der Waals surface area contributed by atoms with Crippen LogP contribution in [0.25, 0.3) is 0 Å². The molecule has 6 nitrogen and oxygen atoms in total. The van der Waals surface area contributed by atoms with Crippen LogP contribution in [0.15, 0.2) is 12.1 Å². The molecule has 1 aromatic carbocycles. The second-order valence-corrected chi connectivity index (χ2v) is 9.61. The first-order chi connectivity index (χ1) is 14.0. The summed E-state index contributed by atoms with van der Waals surface area (Å²) in [4.78, 5) is 40.1. The van der Waals surface area contributed by atoms with Crippen molar-refractivity contribution >= 4 is 29.2 Å². The average Bonchev–Trinajstić information content (AvgIpc) is 2.59. The van der Waals surface area contributed by atoms with Crippen LogP contribution in [-0.2, 0) is 9.59 Å². The molecule has 1 heterocycles. The number of ether oxygens (including phenoxy) is 1. The molecule has 1 N–H and O–H groups in total. The van der Waals surface area contributed by atoms with Crippen LogP contribution in [0, 0.1) is 17.3 Å². The molecule has 30 heavy (non-hydrogen) atoms. The SMILES string of the molecule is CC#Cc1cc(Cl)c(C2C(=O)CC3(CC2=O)CN(C(=O)NC(C)(C)C)C3)c(OC)c1. The first kappa shape index (κ1) is 22.2. The summed E-state index contributed by atoms with van der Waals surface area (Å²) in [6.45, 7) is 8.24. The van der Waals surface area contributed by atoms with Crippen LogP contribution in [0.5, 0.6) is 5.75 Å². The molecule has 0 bridgehead atoms. The number of methoxy groups -OCH3 is 1.